The van der Waals surface area contributed by atoms with Crippen molar-refractivity contribution in [3.05, 3.63) is 28.6 Å². The molecule has 0 spiro atoms. The fraction of sp³-hybridized carbons (Fsp3) is 0.533. The summed E-state index contributed by atoms with van der Waals surface area (Å²) in [4.78, 5) is 15.1. The van der Waals surface area contributed by atoms with Crippen molar-refractivity contribution in [1.82, 2.24) is 29.4 Å². The molecule has 0 unspecified atom stereocenters. The molecule has 12 heteroatoms. The van der Waals surface area contributed by atoms with Crippen LogP contribution in [0.15, 0.2) is 17.2 Å². The van der Waals surface area contributed by atoms with E-state index in [0.29, 0.717) is 50.6 Å². The van der Waals surface area contributed by atoms with Crippen LogP contribution >= 0.6 is 12.2 Å². The quantitative estimate of drug-likeness (QED) is 0.559. The van der Waals surface area contributed by atoms with Crippen LogP contribution in [0.4, 0.5) is 0 Å². The second kappa shape index (κ2) is 8.33. The Bertz CT molecular complexity index is 955. The van der Waals surface area contributed by atoms with E-state index in [4.69, 9.17) is 17.0 Å². The summed E-state index contributed by atoms with van der Waals surface area (Å²) < 4.78 is 34.1. The van der Waals surface area contributed by atoms with Gasteiger partial charge in [0.2, 0.25) is 10.0 Å². The second-order valence-corrected chi connectivity index (χ2v) is 8.29. The van der Waals surface area contributed by atoms with Crippen molar-refractivity contribution in [3.63, 3.8) is 0 Å². The number of carbonyl (C=O) groups is 1. The van der Waals surface area contributed by atoms with Crippen LogP contribution in [-0.2, 0) is 27.7 Å². The van der Waals surface area contributed by atoms with Gasteiger partial charge in [-0.2, -0.15) is 9.40 Å². The van der Waals surface area contributed by atoms with Crippen LogP contribution in [0, 0.1) is 4.77 Å². The molecule has 3 N–H and O–H groups in total. The normalized spacial score (nSPS) is 15.7. The molecule has 3 heterocycles. The SMILES string of the molecule is CCn1c(CCNC(=O)c2cc(S(=O)(=O)N3CCOCC3)c[nH]2)n[nH]c1=S. The minimum Gasteiger partial charge on any atom is -0.379 e. The first-order valence-electron chi connectivity index (χ1n) is 8.62. The monoisotopic (exact) mass is 414 g/mol. The number of rotatable bonds is 7. The van der Waals surface area contributed by atoms with E-state index in [-0.39, 0.29) is 16.5 Å². The Kier molecular flexibility index (Phi) is 6.09. The lowest BCUT2D eigenvalue weighted by Gasteiger charge is -2.25. The number of morpholine rings is 1. The first-order chi connectivity index (χ1) is 12.9. The van der Waals surface area contributed by atoms with Crippen LogP contribution in [0.25, 0.3) is 0 Å². The van der Waals surface area contributed by atoms with E-state index in [9.17, 15) is 13.2 Å². The molecule has 2 aromatic rings. The number of sulfonamides is 1. The van der Waals surface area contributed by atoms with Gasteiger partial charge in [0.05, 0.1) is 13.2 Å². The van der Waals surface area contributed by atoms with Crippen molar-refractivity contribution in [2.75, 3.05) is 32.8 Å². The van der Waals surface area contributed by atoms with Crippen LogP contribution in [-0.4, -0.2) is 71.2 Å². The van der Waals surface area contributed by atoms with E-state index in [0.717, 1.165) is 5.82 Å². The minimum atomic E-state index is -3.63. The van der Waals surface area contributed by atoms with Crippen molar-refractivity contribution >= 4 is 28.1 Å². The van der Waals surface area contributed by atoms with Gasteiger partial charge in [0, 0.05) is 38.8 Å². The van der Waals surface area contributed by atoms with E-state index in [1.165, 1.54) is 16.6 Å². The number of nitrogens with one attached hydrogen (secondary N) is 3. The fourth-order valence-electron chi connectivity index (χ4n) is 2.84. The number of nitrogens with zero attached hydrogens (tertiary/aromatic N) is 3. The predicted molar refractivity (Wildman–Crippen MR) is 99.5 cm³/mol. The first-order valence-corrected chi connectivity index (χ1v) is 10.5. The topological polar surface area (TPSA) is 125 Å². The molecule has 10 nitrogen and oxygen atoms in total. The Morgan fingerprint density at radius 1 is 1.41 bits per heavy atom. The molecule has 0 saturated carbocycles. The lowest BCUT2D eigenvalue weighted by molar-refractivity contribution is 0.0730. The third-order valence-electron chi connectivity index (χ3n) is 4.30. The van der Waals surface area contributed by atoms with Crippen molar-refractivity contribution in [1.29, 1.82) is 0 Å². The Labute approximate surface area is 162 Å². The van der Waals surface area contributed by atoms with E-state index < -0.39 is 10.0 Å². The summed E-state index contributed by atoms with van der Waals surface area (Å²) in [6.45, 7) is 4.35. The average Bonchev–Trinajstić information content (AvgIpc) is 3.30. The zero-order valence-electron chi connectivity index (χ0n) is 14.9. The summed E-state index contributed by atoms with van der Waals surface area (Å²) in [5.41, 5.74) is 0.191. The molecule has 1 aliphatic rings. The van der Waals surface area contributed by atoms with Crippen LogP contribution in [0.3, 0.4) is 0 Å². The maximum Gasteiger partial charge on any atom is 0.267 e. The van der Waals surface area contributed by atoms with E-state index in [1.54, 1.807) is 0 Å². The molecule has 3 rings (SSSR count). The van der Waals surface area contributed by atoms with Crippen molar-refractivity contribution in [2.24, 2.45) is 0 Å². The van der Waals surface area contributed by atoms with Crippen molar-refractivity contribution < 1.29 is 17.9 Å². The summed E-state index contributed by atoms with van der Waals surface area (Å²) in [7, 11) is -3.63. The summed E-state index contributed by atoms with van der Waals surface area (Å²) >= 11 is 5.13. The van der Waals surface area contributed by atoms with Crippen LogP contribution in [0.1, 0.15) is 23.2 Å². The number of hydrogen-bond donors (Lipinski definition) is 3. The molecule has 0 radical (unpaired) electrons. The molecule has 0 aliphatic carbocycles. The third-order valence-corrected chi connectivity index (χ3v) is 6.48. The van der Waals surface area contributed by atoms with Gasteiger partial charge < -0.3 is 19.6 Å². The lowest BCUT2D eigenvalue weighted by Crippen LogP contribution is -2.40. The summed E-state index contributed by atoms with van der Waals surface area (Å²) in [6.07, 6.45) is 1.84. The molecule has 0 bridgehead atoms. The first kappa shape index (κ1) is 19.7. The highest BCUT2D eigenvalue weighted by molar-refractivity contribution is 7.89. The number of aromatic nitrogens is 4. The van der Waals surface area contributed by atoms with Gasteiger partial charge in [-0.3, -0.25) is 9.89 Å². The second-order valence-electron chi connectivity index (χ2n) is 5.96. The largest absolute Gasteiger partial charge is 0.379 e. The zero-order valence-corrected chi connectivity index (χ0v) is 16.5. The fourth-order valence-corrected chi connectivity index (χ4v) is 4.52. The third kappa shape index (κ3) is 4.29. The molecule has 2 aromatic heterocycles. The molecule has 1 saturated heterocycles. The number of amides is 1. The van der Waals surface area contributed by atoms with E-state index in [2.05, 4.69) is 20.5 Å². The Morgan fingerprint density at radius 3 is 2.85 bits per heavy atom. The minimum absolute atomic E-state index is 0.0708. The number of ether oxygens (including phenoxy) is 1. The standard InChI is InChI=1S/C15H22N6O4S2/c1-2-21-13(18-19-15(21)26)3-4-16-14(22)12-9-11(10-17-12)27(23,24)20-5-7-25-8-6-20/h9-10,17H,2-8H2,1H3,(H,16,22)(H,19,26). The number of carbonyl (C=O) groups excluding carboxylic acids is 1. The predicted octanol–water partition coefficient (Wildman–Crippen LogP) is 0.282. The molecule has 1 amide bonds. The Balaban J connectivity index is 1.60. The molecular formula is C15H22N6O4S2. The molecule has 0 atom stereocenters. The van der Waals surface area contributed by atoms with Crippen molar-refractivity contribution in [3.8, 4) is 0 Å². The van der Waals surface area contributed by atoms with Gasteiger partial charge in [0.1, 0.15) is 16.4 Å². The highest BCUT2D eigenvalue weighted by atomic mass is 32.2. The molecule has 0 aromatic carbocycles. The van der Waals surface area contributed by atoms with E-state index >= 15 is 0 Å². The highest BCUT2D eigenvalue weighted by Gasteiger charge is 2.27. The van der Waals surface area contributed by atoms with Gasteiger partial charge in [-0.05, 0) is 25.2 Å². The highest BCUT2D eigenvalue weighted by Crippen LogP contribution is 2.18. The van der Waals surface area contributed by atoms with Crippen LogP contribution < -0.4 is 5.32 Å². The Hall–Kier alpha value is -2.02. The van der Waals surface area contributed by atoms with Gasteiger partial charge in [0.25, 0.3) is 5.91 Å². The van der Waals surface area contributed by atoms with Gasteiger partial charge in [-0.25, -0.2) is 8.42 Å². The zero-order chi connectivity index (χ0) is 19.4. The average molecular weight is 415 g/mol. The number of H-pyrrole nitrogens is 2. The smallest absolute Gasteiger partial charge is 0.267 e. The van der Waals surface area contributed by atoms with Crippen molar-refractivity contribution in [2.45, 2.75) is 24.8 Å². The molecule has 1 fully saturated rings. The lowest BCUT2D eigenvalue weighted by atomic mass is 10.3. The number of aromatic amines is 2. The van der Waals surface area contributed by atoms with E-state index in [1.807, 2.05) is 11.5 Å². The maximum absolute atomic E-state index is 12.6. The molecule has 148 valence electrons. The summed E-state index contributed by atoms with van der Waals surface area (Å²) in [5.74, 6) is 0.375. The maximum atomic E-state index is 12.6. The van der Waals surface area contributed by atoms with Gasteiger partial charge in [0.15, 0.2) is 4.77 Å². The molecular weight excluding hydrogens is 392 g/mol. The summed E-state index contributed by atoms with van der Waals surface area (Å²) in [5, 5.41) is 9.61. The van der Waals surface area contributed by atoms with Gasteiger partial charge in [-0.1, -0.05) is 0 Å². The Morgan fingerprint density at radius 2 is 2.15 bits per heavy atom. The van der Waals surface area contributed by atoms with Crippen LogP contribution in [0.5, 0.6) is 0 Å². The summed E-state index contributed by atoms with van der Waals surface area (Å²) in [6, 6.07) is 1.35. The van der Waals surface area contributed by atoms with Gasteiger partial charge >= 0.3 is 0 Å². The molecule has 1 aliphatic heterocycles. The molecule has 27 heavy (non-hydrogen) atoms. The number of hydrogen-bond acceptors (Lipinski definition) is 6. The van der Waals surface area contributed by atoms with Gasteiger partial charge in [-0.15, -0.1) is 0 Å². The van der Waals surface area contributed by atoms with Crippen LogP contribution in [0.2, 0.25) is 0 Å².